The monoisotopic (exact) mass is 381 g/mol. The quantitative estimate of drug-likeness (QED) is 0.664. The van der Waals surface area contributed by atoms with Crippen LogP contribution in [0.3, 0.4) is 0 Å². The lowest BCUT2D eigenvalue weighted by Crippen LogP contribution is -2.32. The number of hydrogen-bond donors (Lipinski definition) is 2. The first kappa shape index (κ1) is 17.5. The van der Waals surface area contributed by atoms with Gasteiger partial charge in [-0.3, -0.25) is 14.6 Å². The van der Waals surface area contributed by atoms with Gasteiger partial charge in [0.05, 0.1) is 18.0 Å². The molecule has 1 heterocycles. The number of H-pyrrole nitrogens is 2. The van der Waals surface area contributed by atoms with E-state index in [1.807, 2.05) is 29.2 Å². The highest BCUT2D eigenvalue weighted by Gasteiger charge is 2.33. The Morgan fingerprint density at radius 1 is 1.19 bits per heavy atom. The zero-order chi connectivity index (χ0) is 19.0. The van der Waals surface area contributed by atoms with Crippen LogP contribution < -0.4 is 10.3 Å². The largest absolute Gasteiger partial charge is 0.497 e. The highest BCUT2D eigenvalue weighted by molar-refractivity contribution is 7.71. The molecule has 1 fully saturated rings. The van der Waals surface area contributed by atoms with E-state index in [1.54, 1.807) is 25.3 Å². The third-order valence-electron chi connectivity index (χ3n) is 4.75. The summed E-state index contributed by atoms with van der Waals surface area (Å²) in [5, 5.41) is 0.480. The van der Waals surface area contributed by atoms with E-state index in [-0.39, 0.29) is 22.3 Å². The normalized spacial score (nSPS) is 13.5. The Morgan fingerprint density at radius 3 is 2.59 bits per heavy atom. The molecule has 0 atom stereocenters. The Balaban J connectivity index is 1.64. The van der Waals surface area contributed by atoms with Gasteiger partial charge in [0.15, 0.2) is 4.77 Å². The molecule has 0 saturated heterocycles. The van der Waals surface area contributed by atoms with Gasteiger partial charge in [-0.1, -0.05) is 12.1 Å². The fourth-order valence-electron chi connectivity index (χ4n) is 3.15. The van der Waals surface area contributed by atoms with Crippen molar-refractivity contribution in [3.05, 3.63) is 68.7 Å². The maximum atomic E-state index is 13.1. The number of nitrogens with zero attached hydrogens (tertiary/aromatic N) is 1. The van der Waals surface area contributed by atoms with Crippen LogP contribution >= 0.6 is 12.2 Å². The van der Waals surface area contributed by atoms with Gasteiger partial charge in [-0.25, -0.2) is 0 Å². The fraction of sp³-hybridized carbons (Fsp3) is 0.250. The van der Waals surface area contributed by atoms with E-state index in [0.717, 1.165) is 24.2 Å². The first-order valence-corrected chi connectivity index (χ1v) is 9.16. The Kier molecular flexibility index (Phi) is 4.53. The first-order chi connectivity index (χ1) is 13.0. The topological polar surface area (TPSA) is 78.2 Å². The molecule has 27 heavy (non-hydrogen) atoms. The summed E-state index contributed by atoms with van der Waals surface area (Å²) in [4.78, 5) is 32.5. The van der Waals surface area contributed by atoms with Crippen molar-refractivity contribution in [2.45, 2.75) is 25.4 Å². The van der Waals surface area contributed by atoms with Crippen molar-refractivity contribution in [2.24, 2.45) is 0 Å². The Labute approximate surface area is 160 Å². The van der Waals surface area contributed by atoms with E-state index in [9.17, 15) is 9.59 Å². The van der Waals surface area contributed by atoms with Crippen molar-refractivity contribution >= 4 is 29.0 Å². The van der Waals surface area contributed by atoms with Gasteiger partial charge in [0.1, 0.15) is 5.75 Å². The third-order valence-corrected chi connectivity index (χ3v) is 4.95. The van der Waals surface area contributed by atoms with E-state index in [1.165, 1.54) is 0 Å². The lowest BCUT2D eigenvalue weighted by atomic mass is 10.1. The SMILES string of the molecule is COc1ccc(CN(C(=O)c2ccc3c(=O)[nH]c(=S)[nH]c3c2)C2CC2)cc1. The number of ether oxygens (including phenoxy) is 1. The number of rotatable bonds is 5. The molecule has 2 N–H and O–H groups in total. The molecule has 0 radical (unpaired) electrons. The summed E-state index contributed by atoms with van der Waals surface area (Å²) in [6.45, 7) is 0.539. The fourth-order valence-corrected chi connectivity index (χ4v) is 3.35. The number of fused-ring (bicyclic) bond motifs is 1. The van der Waals surface area contributed by atoms with Crippen molar-refractivity contribution in [1.82, 2.24) is 14.9 Å². The summed E-state index contributed by atoms with van der Waals surface area (Å²) in [7, 11) is 1.63. The summed E-state index contributed by atoms with van der Waals surface area (Å²) in [6.07, 6.45) is 2.02. The number of carbonyl (C=O) groups is 1. The van der Waals surface area contributed by atoms with E-state index in [0.29, 0.717) is 23.0 Å². The van der Waals surface area contributed by atoms with Crippen LogP contribution in [-0.2, 0) is 6.54 Å². The highest BCUT2D eigenvalue weighted by atomic mass is 32.1. The van der Waals surface area contributed by atoms with Crippen molar-refractivity contribution in [1.29, 1.82) is 0 Å². The van der Waals surface area contributed by atoms with Gasteiger partial charge in [0, 0.05) is 18.2 Å². The average molecular weight is 381 g/mol. The minimum absolute atomic E-state index is 0.0465. The molecule has 2 aromatic carbocycles. The van der Waals surface area contributed by atoms with Gasteiger partial charge >= 0.3 is 0 Å². The molecule has 6 nitrogen and oxygen atoms in total. The summed E-state index contributed by atoms with van der Waals surface area (Å²) in [6, 6.07) is 13.0. The molecule has 1 aliphatic carbocycles. The number of methoxy groups -OCH3 is 1. The summed E-state index contributed by atoms with van der Waals surface area (Å²) >= 11 is 5.03. The van der Waals surface area contributed by atoms with Crippen LogP contribution in [0.4, 0.5) is 0 Å². The maximum absolute atomic E-state index is 13.1. The molecule has 0 spiro atoms. The molecule has 7 heteroatoms. The predicted molar refractivity (Wildman–Crippen MR) is 106 cm³/mol. The van der Waals surface area contributed by atoms with Gasteiger partial charge < -0.3 is 14.6 Å². The van der Waals surface area contributed by atoms with E-state index in [4.69, 9.17) is 17.0 Å². The zero-order valence-electron chi connectivity index (χ0n) is 14.8. The van der Waals surface area contributed by atoms with Crippen molar-refractivity contribution in [3.8, 4) is 5.75 Å². The maximum Gasteiger partial charge on any atom is 0.259 e. The molecule has 1 amide bonds. The number of amides is 1. The molecule has 0 bridgehead atoms. The number of carbonyl (C=O) groups excluding carboxylic acids is 1. The second-order valence-corrected chi connectivity index (χ2v) is 7.09. The zero-order valence-corrected chi connectivity index (χ0v) is 15.6. The van der Waals surface area contributed by atoms with Crippen LogP contribution in [0, 0.1) is 4.77 Å². The number of hydrogen-bond acceptors (Lipinski definition) is 4. The Hall–Kier alpha value is -2.93. The van der Waals surface area contributed by atoms with Crippen LogP contribution in [0.25, 0.3) is 10.9 Å². The molecular formula is C20H19N3O3S. The summed E-state index contributed by atoms with van der Waals surface area (Å²) in [5.74, 6) is 0.743. The van der Waals surface area contributed by atoms with Gasteiger partial charge in [-0.2, -0.15) is 0 Å². The van der Waals surface area contributed by atoms with Crippen LogP contribution in [0.5, 0.6) is 5.75 Å². The minimum Gasteiger partial charge on any atom is -0.497 e. The molecule has 0 aliphatic heterocycles. The van der Waals surface area contributed by atoms with Crippen LogP contribution in [0.1, 0.15) is 28.8 Å². The number of benzene rings is 2. The van der Waals surface area contributed by atoms with Gasteiger partial charge in [-0.15, -0.1) is 0 Å². The Bertz CT molecular complexity index is 1110. The number of aromatic nitrogens is 2. The molecule has 4 rings (SSSR count). The predicted octanol–water partition coefficient (Wildman–Crippen LogP) is 3.40. The molecule has 0 unspecified atom stereocenters. The third kappa shape index (κ3) is 3.64. The van der Waals surface area contributed by atoms with Crippen molar-refractivity contribution in [3.63, 3.8) is 0 Å². The van der Waals surface area contributed by atoms with Gasteiger partial charge in [0.2, 0.25) is 0 Å². The van der Waals surface area contributed by atoms with E-state index < -0.39 is 0 Å². The molecule has 3 aromatic rings. The second kappa shape index (κ2) is 7.00. The van der Waals surface area contributed by atoms with Crippen LogP contribution in [-0.4, -0.2) is 33.9 Å². The number of aromatic amines is 2. The summed E-state index contributed by atoms with van der Waals surface area (Å²) in [5.41, 5.74) is 1.90. The first-order valence-electron chi connectivity index (χ1n) is 8.75. The van der Waals surface area contributed by atoms with Crippen molar-refractivity contribution in [2.75, 3.05) is 7.11 Å². The van der Waals surface area contributed by atoms with Gasteiger partial charge in [0.25, 0.3) is 11.5 Å². The average Bonchev–Trinajstić information content (AvgIpc) is 3.50. The highest BCUT2D eigenvalue weighted by Crippen LogP contribution is 2.30. The number of nitrogens with one attached hydrogen (secondary N) is 2. The molecule has 1 saturated carbocycles. The minimum atomic E-state index is -0.259. The van der Waals surface area contributed by atoms with E-state index >= 15 is 0 Å². The smallest absolute Gasteiger partial charge is 0.259 e. The molecular weight excluding hydrogens is 362 g/mol. The van der Waals surface area contributed by atoms with Gasteiger partial charge in [-0.05, 0) is 61.0 Å². The van der Waals surface area contributed by atoms with Crippen LogP contribution in [0.15, 0.2) is 47.3 Å². The van der Waals surface area contributed by atoms with E-state index in [2.05, 4.69) is 9.97 Å². The second-order valence-electron chi connectivity index (χ2n) is 6.68. The Morgan fingerprint density at radius 2 is 1.93 bits per heavy atom. The lowest BCUT2D eigenvalue weighted by molar-refractivity contribution is 0.0730. The molecule has 1 aromatic heterocycles. The van der Waals surface area contributed by atoms with Crippen LogP contribution in [0.2, 0.25) is 0 Å². The summed E-state index contributed by atoms with van der Waals surface area (Å²) < 4.78 is 5.44. The van der Waals surface area contributed by atoms with Crippen molar-refractivity contribution < 1.29 is 9.53 Å². The molecule has 138 valence electrons. The standard InChI is InChI=1S/C20H19N3O3S/c1-26-15-7-2-12(3-8-15)11-23(14-5-6-14)19(25)13-4-9-16-17(10-13)21-20(27)22-18(16)24/h2-4,7-10,14H,5-6,11H2,1H3,(H2,21,22,24,27). The lowest BCUT2D eigenvalue weighted by Gasteiger charge is -2.23. The molecule has 1 aliphatic rings.